The van der Waals surface area contributed by atoms with Crippen molar-refractivity contribution in [2.75, 3.05) is 19.8 Å². The Morgan fingerprint density at radius 3 is 2.72 bits per heavy atom. The Morgan fingerprint density at radius 1 is 1.33 bits per heavy atom. The van der Waals surface area contributed by atoms with Crippen LogP contribution in [0.1, 0.15) is 38.7 Å². The van der Waals surface area contributed by atoms with Crippen molar-refractivity contribution in [3.8, 4) is 0 Å². The van der Waals surface area contributed by atoms with Gasteiger partial charge in [0.2, 0.25) is 0 Å². The molecule has 0 aliphatic rings. The van der Waals surface area contributed by atoms with Crippen LogP contribution in [0.4, 0.5) is 0 Å². The van der Waals surface area contributed by atoms with Crippen molar-refractivity contribution in [2.45, 2.75) is 39.2 Å². The molecule has 0 bridgehead atoms. The van der Waals surface area contributed by atoms with Crippen LogP contribution in [0.25, 0.3) is 0 Å². The molecule has 0 fully saturated rings. The van der Waals surface area contributed by atoms with Gasteiger partial charge < -0.3 is 10.1 Å². The van der Waals surface area contributed by atoms with Crippen LogP contribution in [-0.4, -0.2) is 25.8 Å². The smallest absolute Gasteiger partial charge is 0.0472 e. The van der Waals surface area contributed by atoms with Gasteiger partial charge in [-0.3, -0.25) is 0 Å². The lowest BCUT2D eigenvalue weighted by Gasteiger charge is -2.20. The summed E-state index contributed by atoms with van der Waals surface area (Å²) in [5.74, 6) is 0.456. The topological polar surface area (TPSA) is 21.3 Å². The Balaban J connectivity index is 2.63. The molecule has 1 atom stereocenters. The van der Waals surface area contributed by atoms with E-state index < -0.39 is 0 Å². The van der Waals surface area contributed by atoms with E-state index in [4.69, 9.17) is 16.3 Å². The highest BCUT2D eigenvalue weighted by Gasteiger charge is 2.12. The van der Waals surface area contributed by atoms with Crippen LogP contribution < -0.4 is 5.32 Å². The van der Waals surface area contributed by atoms with Crippen LogP contribution in [0, 0.1) is 0 Å². The molecule has 0 spiro atoms. The predicted molar refractivity (Wildman–Crippen MR) is 78.4 cm³/mol. The highest BCUT2D eigenvalue weighted by atomic mass is 35.5. The number of rotatable bonds is 8. The third-order valence-electron chi connectivity index (χ3n) is 2.91. The summed E-state index contributed by atoms with van der Waals surface area (Å²) in [7, 11) is 0. The number of halogens is 1. The Morgan fingerprint density at radius 2 is 2.11 bits per heavy atom. The third kappa shape index (κ3) is 5.85. The van der Waals surface area contributed by atoms with Crippen molar-refractivity contribution >= 4 is 11.6 Å². The number of hydrogen-bond acceptors (Lipinski definition) is 2. The average molecular weight is 270 g/mol. The molecule has 1 unspecified atom stereocenters. The van der Waals surface area contributed by atoms with E-state index in [0.29, 0.717) is 12.0 Å². The lowest BCUT2D eigenvalue weighted by molar-refractivity contribution is 0.139. The van der Waals surface area contributed by atoms with E-state index in [1.165, 1.54) is 5.56 Å². The standard InChI is InChI=1S/C15H24ClNO/c1-4-18-9-8-14(11-17-12(2)3)13-6-5-7-15(16)10-13/h5-7,10,12,14,17H,4,8-9,11H2,1-3H3. The average Bonchev–Trinajstić information content (AvgIpc) is 2.33. The fourth-order valence-corrected chi connectivity index (χ4v) is 2.09. The fraction of sp³-hybridized carbons (Fsp3) is 0.600. The quantitative estimate of drug-likeness (QED) is 0.724. The van der Waals surface area contributed by atoms with Crippen LogP contribution >= 0.6 is 11.6 Å². The Hall–Kier alpha value is -0.570. The van der Waals surface area contributed by atoms with Crippen LogP contribution in [0.15, 0.2) is 24.3 Å². The fourth-order valence-electron chi connectivity index (χ4n) is 1.89. The molecule has 0 radical (unpaired) electrons. The van der Waals surface area contributed by atoms with Gasteiger partial charge in [0.15, 0.2) is 0 Å². The third-order valence-corrected chi connectivity index (χ3v) is 3.14. The first-order chi connectivity index (χ1) is 8.63. The van der Waals surface area contributed by atoms with E-state index in [1.807, 2.05) is 19.1 Å². The molecular weight excluding hydrogens is 246 g/mol. The zero-order valence-electron chi connectivity index (χ0n) is 11.6. The van der Waals surface area contributed by atoms with E-state index in [2.05, 4.69) is 31.3 Å². The Kier molecular flexibility index (Phi) is 7.33. The molecule has 0 saturated heterocycles. The molecule has 18 heavy (non-hydrogen) atoms. The molecule has 0 aromatic heterocycles. The van der Waals surface area contributed by atoms with Gasteiger partial charge in [0.25, 0.3) is 0 Å². The maximum Gasteiger partial charge on any atom is 0.0472 e. The first-order valence-corrected chi connectivity index (χ1v) is 7.07. The molecule has 1 rings (SSSR count). The number of benzene rings is 1. The summed E-state index contributed by atoms with van der Waals surface area (Å²) in [6.07, 6.45) is 1.02. The van der Waals surface area contributed by atoms with Crippen LogP contribution in [0.5, 0.6) is 0 Å². The molecule has 0 aliphatic carbocycles. The Bertz CT molecular complexity index is 341. The van der Waals surface area contributed by atoms with Crippen molar-refractivity contribution in [1.29, 1.82) is 0 Å². The SMILES string of the molecule is CCOCCC(CNC(C)C)c1cccc(Cl)c1. The molecule has 1 aromatic rings. The molecule has 0 heterocycles. The zero-order chi connectivity index (χ0) is 13.4. The molecule has 1 aromatic carbocycles. The lowest BCUT2D eigenvalue weighted by atomic mass is 9.96. The van der Waals surface area contributed by atoms with Crippen molar-refractivity contribution < 1.29 is 4.74 Å². The first kappa shape index (κ1) is 15.5. The summed E-state index contributed by atoms with van der Waals surface area (Å²) >= 11 is 6.06. The minimum absolute atomic E-state index is 0.456. The van der Waals surface area contributed by atoms with Gasteiger partial charge >= 0.3 is 0 Å². The zero-order valence-corrected chi connectivity index (χ0v) is 12.3. The van der Waals surface area contributed by atoms with Gasteiger partial charge in [0, 0.05) is 30.8 Å². The number of ether oxygens (including phenoxy) is 1. The van der Waals surface area contributed by atoms with Crippen molar-refractivity contribution in [3.63, 3.8) is 0 Å². The molecule has 0 saturated carbocycles. The van der Waals surface area contributed by atoms with Crippen molar-refractivity contribution in [3.05, 3.63) is 34.9 Å². The second kappa shape index (κ2) is 8.52. The second-order valence-corrected chi connectivity index (χ2v) is 5.24. The molecule has 102 valence electrons. The van der Waals surface area contributed by atoms with E-state index in [9.17, 15) is 0 Å². The van der Waals surface area contributed by atoms with Gasteiger partial charge in [-0.15, -0.1) is 0 Å². The maximum absolute atomic E-state index is 6.06. The molecule has 0 amide bonds. The normalized spacial score (nSPS) is 12.9. The summed E-state index contributed by atoms with van der Waals surface area (Å²) < 4.78 is 5.46. The summed E-state index contributed by atoms with van der Waals surface area (Å²) in [5, 5.41) is 4.30. The van der Waals surface area contributed by atoms with E-state index in [-0.39, 0.29) is 0 Å². The second-order valence-electron chi connectivity index (χ2n) is 4.80. The van der Waals surface area contributed by atoms with Crippen LogP contribution in [0.2, 0.25) is 5.02 Å². The van der Waals surface area contributed by atoms with Gasteiger partial charge in [-0.1, -0.05) is 37.6 Å². The van der Waals surface area contributed by atoms with Gasteiger partial charge in [-0.2, -0.15) is 0 Å². The van der Waals surface area contributed by atoms with E-state index >= 15 is 0 Å². The van der Waals surface area contributed by atoms with Crippen LogP contribution in [-0.2, 0) is 4.74 Å². The predicted octanol–water partition coefficient (Wildman–Crippen LogP) is 3.85. The summed E-state index contributed by atoms with van der Waals surface area (Å²) in [6, 6.07) is 8.63. The van der Waals surface area contributed by atoms with Gasteiger partial charge in [-0.25, -0.2) is 0 Å². The highest BCUT2D eigenvalue weighted by molar-refractivity contribution is 6.30. The van der Waals surface area contributed by atoms with Gasteiger partial charge in [0.1, 0.15) is 0 Å². The minimum Gasteiger partial charge on any atom is -0.382 e. The summed E-state index contributed by atoms with van der Waals surface area (Å²) in [6.45, 7) is 8.90. The Labute approximate surface area is 116 Å². The molecular formula is C15H24ClNO. The highest BCUT2D eigenvalue weighted by Crippen LogP contribution is 2.22. The number of nitrogens with one attached hydrogen (secondary N) is 1. The molecule has 3 heteroatoms. The minimum atomic E-state index is 0.456. The summed E-state index contributed by atoms with van der Waals surface area (Å²) in [5.41, 5.74) is 1.29. The molecule has 0 aliphatic heterocycles. The van der Waals surface area contributed by atoms with Crippen LogP contribution in [0.3, 0.4) is 0 Å². The van der Waals surface area contributed by atoms with Gasteiger partial charge in [-0.05, 0) is 37.0 Å². The van der Waals surface area contributed by atoms with E-state index in [0.717, 1.165) is 31.2 Å². The van der Waals surface area contributed by atoms with Crippen molar-refractivity contribution in [1.82, 2.24) is 5.32 Å². The molecule has 2 nitrogen and oxygen atoms in total. The maximum atomic E-state index is 6.06. The molecule has 1 N–H and O–H groups in total. The number of hydrogen-bond donors (Lipinski definition) is 1. The monoisotopic (exact) mass is 269 g/mol. The summed E-state index contributed by atoms with van der Waals surface area (Å²) in [4.78, 5) is 0. The largest absolute Gasteiger partial charge is 0.382 e. The lowest BCUT2D eigenvalue weighted by Crippen LogP contribution is -2.28. The van der Waals surface area contributed by atoms with E-state index in [1.54, 1.807) is 0 Å². The van der Waals surface area contributed by atoms with Gasteiger partial charge in [0.05, 0.1) is 0 Å². The van der Waals surface area contributed by atoms with Crippen molar-refractivity contribution in [2.24, 2.45) is 0 Å². The first-order valence-electron chi connectivity index (χ1n) is 6.70.